The van der Waals surface area contributed by atoms with E-state index in [0.717, 1.165) is 0 Å². The van der Waals surface area contributed by atoms with Gasteiger partial charge in [0.1, 0.15) is 0 Å². The summed E-state index contributed by atoms with van der Waals surface area (Å²) in [5.41, 5.74) is 0. The molecule has 0 aromatic carbocycles. The maximum atomic E-state index is 13.5. The van der Waals surface area contributed by atoms with Gasteiger partial charge in [-0.1, -0.05) is 0 Å². The molecule has 0 aromatic rings. The van der Waals surface area contributed by atoms with Crippen LogP contribution >= 0.6 is 0 Å². The van der Waals surface area contributed by atoms with Crippen LogP contribution in [0.25, 0.3) is 0 Å². The molecule has 0 amide bonds. The third-order valence-electron chi connectivity index (χ3n) is 4.39. The molecule has 0 saturated carbocycles. The Labute approximate surface area is 241 Å². The maximum Gasteiger partial charge on any atom is 1.00 e. The summed E-state index contributed by atoms with van der Waals surface area (Å²) in [5, 5.41) is -8.22. The van der Waals surface area contributed by atoms with Gasteiger partial charge in [0.25, 0.3) is 0 Å². The van der Waals surface area contributed by atoms with E-state index in [0.29, 0.717) is 0 Å². The summed E-state index contributed by atoms with van der Waals surface area (Å²) in [6.45, 7) is -1.50. The molecule has 0 radical (unpaired) electrons. The summed E-state index contributed by atoms with van der Waals surface area (Å²) >= 11 is 0. The first-order valence-electron chi connectivity index (χ1n) is 7.86. The Morgan fingerprint density at radius 2 is 0.538 bits per heavy atom. The Bertz CT molecular complexity index is 1010. The molecular weight excluding hydrogens is 681 g/mol. The summed E-state index contributed by atoms with van der Waals surface area (Å²) in [4.78, 5) is 0. The first-order valence-corrected chi connectivity index (χ1v) is 9.27. The molecule has 0 spiro atoms. The summed E-state index contributed by atoms with van der Waals surface area (Å²) in [7, 11) is -8.39. The molecule has 39 heavy (non-hydrogen) atoms. The quantitative estimate of drug-likeness (QED) is 0.191. The predicted octanol–water partition coefficient (Wildman–Crippen LogP) is 3.50. The number of halogens is 22. The average molecular weight is 684 g/mol. The van der Waals surface area contributed by atoms with E-state index in [2.05, 4.69) is 0 Å². The van der Waals surface area contributed by atoms with E-state index in [9.17, 15) is 110 Å². The van der Waals surface area contributed by atoms with Gasteiger partial charge in [-0.05, 0) is 0 Å². The van der Waals surface area contributed by atoms with E-state index in [1.165, 1.54) is 0 Å². The molecule has 0 fully saturated rings. The number of rotatable bonds is 11. The van der Waals surface area contributed by atoms with Crippen LogP contribution in [-0.2, 0) is 10.1 Å². The second-order valence-corrected chi connectivity index (χ2v) is 8.45. The zero-order valence-corrected chi connectivity index (χ0v) is 21.4. The van der Waals surface area contributed by atoms with Gasteiger partial charge in [0.15, 0.2) is 10.1 Å². The first kappa shape index (κ1) is 41.1. The maximum absolute atomic E-state index is 13.5. The van der Waals surface area contributed by atoms with Crippen LogP contribution < -0.4 is 51.4 Å². The Morgan fingerprint density at radius 3 is 0.692 bits per heavy atom. The van der Waals surface area contributed by atoms with E-state index < -0.39 is 81.5 Å². The van der Waals surface area contributed by atoms with E-state index in [4.69, 9.17) is 0 Å². The third kappa shape index (κ3) is 5.03. The molecule has 0 aliphatic carbocycles. The van der Waals surface area contributed by atoms with Crippen LogP contribution in [0.3, 0.4) is 0 Å². The summed E-state index contributed by atoms with van der Waals surface area (Å²) in [6.07, 6.45) is 0. The molecule has 0 saturated heterocycles. The van der Waals surface area contributed by atoms with Crippen molar-refractivity contribution in [2.75, 3.05) is 0 Å². The van der Waals surface area contributed by atoms with Crippen molar-refractivity contribution in [3.63, 3.8) is 0 Å². The molecule has 0 atom stereocenters. The minimum atomic E-state index is -9.48. The molecule has 0 aliphatic rings. The van der Waals surface area contributed by atoms with E-state index in [-0.39, 0.29) is 51.4 Å². The van der Waals surface area contributed by atoms with Gasteiger partial charge in [-0.15, -0.1) is 0 Å². The Kier molecular flexibility index (Phi) is 10.6. The molecule has 0 heterocycles. The SMILES string of the molecule is CC(F)(F)C(F)(F)C(F)(F)C(F)(F)C(F)(F)C(F)(F)C(F)(F)C(F)(F)C(F)(F)C(F)(F)C(F)(F)S(=O)(=O)[O-].[K+]. The van der Waals surface area contributed by atoms with Crippen molar-refractivity contribution in [1.29, 1.82) is 0 Å². The minimum absolute atomic E-state index is 0. The van der Waals surface area contributed by atoms with Crippen molar-refractivity contribution < 1.29 is 161 Å². The standard InChI is InChI=1S/C12H4F22O3S.K/c1-2(13,14)3(15,16)4(17,18)5(19,20)6(21,22)7(23,24)8(25,26)9(27,28)10(29,30)11(31,32)12(33,34)38(35,36)37;/h1H3,(H,35,36,37);/q;+1/p-1. The number of alkyl halides is 22. The molecule has 3 nitrogen and oxygen atoms in total. The van der Waals surface area contributed by atoms with E-state index in [1.54, 1.807) is 0 Å². The second kappa shape index (κ2) is 10.0. The fraction of sp³-hybridized carbons (Fsp3) is 1.00. The van der Waals surface area contributed by atoms with Crippen molar-refractivity contribution in [3.8, 4) is 0 Å². The Hall–Kier alpha value is 0.00636. The number of hydrogen-bond acceptors (Lipinski definition) is 3. The molecule has 0 bridgehead atoms. The predicted molar refractivity (Wildman–Crippen MR) is 69.8 cm³/mol. The molecule has 0 unspecified atom stereocenters. The normalized spacial score (nSPS) is 16.7. The largest absolute Gasteiger partial charge is 1.00 e. The van der Waals surface area contributed by atoms with Crippen molar-refractivity contribution in [1.82, 2.24) is 0 Å². The summed E-state index contributed by atoms with van der Waals surface area (Å²) in [6, 6.07) is 0. The molecule has 0 rings (SSSR count). The van der Waals surface area contributed by atoms with Gasteiger partial charge in [-0.25, -0.2) is 8.42 Å². The van der Waals surface area contributed by atoms with Gasteiger partial charge >= 0.3 is 116 Å². The molecule has 0 N–H and O–H groups in total. The van der Waals surface area contributed by atoms with E-state index in [1.807, 2.05) is 0 Å². The van der Waals surface area contributed by atoms with Crippen molar-refractivity contribution >= 4 is 10.1 Å². The third-order valence-corrected chi connectivity index (χ3v) is 5.27. The van der Waals surface area contributed by atoms with Crippen molar-refractivity contribution in [2.45, 2.75) is 71.4 Å². The molecule has 230 valence electrons. The van der Waals surface area contributed by atoms with Crippen LogP contribution in [0.4, 0.5) is 96.6 Å². The number of hydrogen-bond donors (Lipinski definition) is 0. The van der Waals surface area contributed by atoms with Crippen LogP contribution in [0.15, 0.2) is 0 Å². The molecule has 0 aliphatic heterocycles. The van der Waals surface area contributed by atoms with Crippen LogP contribution in [0.1, 0.15) is 6.92 Å². The fourth-order valence-electron chi connectivity index (χ4n) is 2.00. The monoisotopic (exact) mass is 684 g/mol. The van der Waals surface area contributed by atoms with Crippen LogP contribution in [0, 0.1) is 0 Å². The van der Waals surface area contributed by atoms with Gasteiger partial charge in [-0.2, -0.15) is 96.6 Å². The van der Waals surface area contributed by atoms with Crippen LogP contribution in [0.5, 0.6) is 0 Å². The van der Waals surface area contributed by atoms with Crippen LogP contribution in [-0.4, -0.2) is 77.5 Å². The summed E-state index contributed by atoms with van der Waals surface area (Å²) < 4.78 is 320. The van der Waals surface area contributed by atoms with Gasteiger partial charge < -0.3 is 4.55 Å². The van der Waals surface area contributed by atoms with Gasteiger partial charge in [0.2, 0.25) is 0 Å². The smallest absolute Gasteiger partial charge is 0.743 e. The van der Waals surface area contributed by atoms with Crippen molar-refractivity contribution in [3.05, 3.63) is 0 Å². The molecule has 0 aromatic heterocycles. The zero-order chi connectivity index (χ0) is 32.0. The summed E-state index contributed by atoms with van der Waals surface area (Å²) in [5.74, 6) is -88.2. The van der Waals surface area contributed by atoms with Gasteiger partial charge in [0, 0.05) is 6.92 Å². The Balaban J connectivity index is 0. The molecular formula is C12H3F22KO3S. The zero-order valence-electron chi connectivity index (χ0n) is 17.4. The fourth-order valence-corrected chi connectivity index (χ4v) is 2.44. The van der Waals surface area contributed by atoms with Gasteiger partial charge in [0.05, 0.1) is 0 Å². The minimum Gasteiger partial charge on any atom is -0.743 e. The average Bonchev–Trinajstić information content (AvgIpc) is 2.64. The first-order chi connectivity index (χ1) is 15.8. The molecule has 27 heteroatoms. The topological polar surface area (TPSA) is 57.2 Å². The van der Waals surface area contributed by atoms with Crippen LogP contribution in [0.2, 0.25) is 0 Å². The Morgan fingerprint density at radius 1 is 0.385 bits per heavy atom. The van der Waals surface area contributed by atoms with Gasteiger partial charge in [-0.3, -0.25) is 0 Å². The second-order valence-electron chi connectivity index (χ2n) is 7.03. The van der Waals surface area contributed by atoms with Crippen molar-refractivity contribution in [2.24, 2.45) is 0 Å². The van der Waals surface area contributed by atoms with E-state index >= 15 is 0 Å².